The van der Waals surface area contributed by atoms with Crippen LogP contribution in [-0.2, 0) is 14.2 Å². The molecule has 0 spiro atoms. The maximum absolute atomic E-state index is 12.1. The summed E-state index contributed by atoms with van der Waals surface area (Å²) in [6, 6.07) is 3.27. The summed E-state index contributed by atoms with van der Waals surface area (Å²) >= 11 is 0. The Bertz CT molecular complexity index is 826. The van der Waals surface area contributed by atoms with E-state index in [1.165, 1.54) is 103 Å². The molecule has 2 atom stereocenters. The number of ether oxygens (including phenoxy) is 3. The number of unbranched alkanes of at least 4 members (excludes halogenated alkanes) is 15. The van der Waals surface area contributed by atoms with E-state index in [0.29, 0.717) is 12.1 Å². The number of carbonyl (C=O) groups excluding carboxylic acids is 3. The Morgan fingerprint density at radius 1 is 0.762 bits per heavy atom. The molecule has 0 bridgehead atoms. The predicted octanol–water partition coefficient (Wildman–Crippen LogP) is 6.89. The lowest BCUT2D eigenvalue weighted by Gasteiger charge is -2.18. The van der Waals surface area contributed by atoms with Crippen LogP contribution < -0.4 is 16.0 Å². The molecule has 10 nitrogen and oxygen atoms in total. The maximum Gasteiger partial charge on any atom is 0.408 e. The van der Waals surface area contributed by atoms with E-state index in [9.17, 15) is 14.4 Å². The molecular formula is C32H56N4O6. The monoisotopic (exact) mass is 592 g/mol. The Balaban J connectivity index is 1.96. The second-order valence-electron chi connectivity index (χ2n) is 10.9. The summed E-state index contributed by atoms with van der Waals surface area (Å²) < 4.78 is 15.6. The van der Waals surface area contributed by atoms with Crippen LogP contribution in [0.15, 0.2) is 24.5 Å². The van der Waals surface area contributed by atoms with Crippen LogP contribution in [0.25, 0.3) is 0 Å². The van der Waals surface area contributed by atoms with Crippen LogP contribution >= 0.6 is 0 Å². The first kappa shape index (κ1) is 37.1. The van der Waals surface area contributed by atoms with Crippen LogP contribution in [0.2, 0.25) is 0 Å². The van der Waals surface area contributed by atoms with Gasteiger partial charge in [-0.1, -0.05) is 103 Å². The van der Waals surface area contributed by atoms with Crippen molar-refractivity contribution in [2.75, 3.05) is 26.9 Å². The zero-order chi connectivity index (χ0) is 30.7. The van der Waals surface area contributed by atoms with E-state index >= 15 is 0 Å². The molecule has 0 aliphatic carbocycles. The summed E-state index contributed by atoms with van der Waals surface area (Å²) in [6.45, 7) is 4.27. The van der Waals surface area contributed by atoms with Crippen molar-refractivity contribution in [1.29, 1.82) is 0 Å². The molecule has 1 rings (SSSR count). The minimum Gasteiger partial charge on any atom is -0.447 e. The van der Waals surface area contributed by atoms with Crippen molar-refractivity contribution in [3.8, 4) is 0 Å². The fourth-order valence-corrected chi connectivity index (χ4v) is 4.47. The van der Waals surface area contributed by atoms with Gasteiger partial charge in [-0.2, -0.15) is 0 Å². The Kier molecular flexibility index (Phi) is 22.8. The fraction of sp³-hybridized carbons (Fsp3) is 0.750. The van der Waals surface area contributed by atoms with E-state index in [1.54, 1.807) is 25.3 Å². The maximum atomic E-state index is 12.1. The van der Waals surface area contributed by atoms with Gasteiger partial charge < -0.3 is 30.2 Å². The summed E-state index contributed by atoms with van der Waals surface area (Å²) in [6.07, 6.45) is 21.4. The van der Waals surface area contributed by atoms with Crippen LogP contribution in [0.4, 0.5) is 9.59 Å². The number of nitrogens with zero attached hydrogens (tertiary/aromatic N) is 1. The minimum atomic E-state index is -0.732. The van der Waals surface area contributed by atoms with Gasteiger partial charge in [0.05, 0.1) is 5.56 Å². The van der Waals surface area contributed by atoms with Crippen LogP contribution in [0.1, 0.15) is 127 Å². The van der Waals surface area contributed by atoms with Gasteiger partial charge in [-0.25, -0.2) is 9.59 Å². The van der Waals surface area contributed by atoms with Crippen molar-refractivity contribution in [3.63, 3.8) is 0 Å². The van der Waals surface area contributed by atoms with E-state index in [1.807, 2.05) is 0 Å². The van der Waals surface area contributed by atoms with Crippen molar-refractivity contribution in [3.05, 3.63) is 30.1 Å². The lowest BCUT2D eigenvalue weighted by Crippen LogP contribution is -2.46. The highest BCUT2D eigenvalue weighted by atomic mass is 16.6. The van der Waals surface area contributed by atoms with Gasteiger partial charge in [0.1, 0.15) is 25.5 Å². The van der Waals surface area contributed by atoms with E-state index < -0.39 is 24.5 Å². The second kappa shape index (κ2) is 25.8. The molecule has 2 unspecified atom stereocenters. The molecule has 0 fully saturated rings. The predicted molar refractivity (Wildman–Crippen MR) is 165 cm³/mol. The zero-order valence-corrected chi connectivity index (χ0v) is 26.3. The Labute approximate surface area is 253 Å². The molecule has 0 saturated carbocycles. The topological polar surface area (TPSA) is 128 Å². The molecule has 3 amide bonds. The van der Waals surface area contributed by atoms with Gasteiger partial charge in [0.25, 0.3) is 5.91 Å². The summed E-state index contributed by atoms with van der Waals surface area (Å²) in [7, 11) is 1.44. The van der Waals surface area contributed by atoms with Crippen molar-refractivity contribution in [2.45, 2.75) is 129 Å². The molecule has 10 heteroatoms. The van der Waals surface area contributed by atoms with E-state index in [0.717, 1.165) is 12.8 Å². The molecule has 3 N–H and O–H groups in total. The zero-order valence-electron chi connectivity index (χ0n) is 26.3. The average Bonchev–Trinajstić information content (AvgIpc) is 2.99. The van der Waals surface area contributed by atoms with Crippen molar-refractivity contribution < 1.29 is 28.6 Å². The molecule has 1 aromatic rings. The number of hydrogen-bond donors (Lipinski definition) is 3. The van der Waals surface area contributed by atoms with E-state index in [2.05, 4.69) is 27.9 Å². The van der Waals surface area contributed by atoms with E-state index in [4.69, 9.17) is 14.2 Å². The Morgan fingerprint density at radius 3 is 1.79 bits per heavy atom. The molecule has 0 aliphatic rings. The number of rotatable bonds is 25. The normalized spacial score (nSPS) is 12.3. The van der Waals surface area contributed by atoms with Gasteiger partial charge >= 0.3 is 12.2 Å². The van der Waals surface area contributed by atoms with Gasteiger partial charge in [-0.15, -0.1) is 0 Å². The quantitative estimate of drug-likeness (QED) is 0.0833. The smallest absolute Gasteiger partial charge is 0.408 e. The van der Waals surface area contributed by atoms with Crippen molar-refractivity contribution in [1.82, 2.24) is 20.9 Å². The van der Waals surface area contributed by atoms with Gasteiger partial charge in [0.2, 0.25) is 0 Å². The number of aromatic nitrogens is 1. The average molecular weight is 593 g/mol. The molecule has 240 valence electrons. The first-order chi connectivity index (χ1) is 20.5. The summed E-state index contributed by atoms with van der Waals surface area (Å²) in [4.78, 5) is 40.0. The van der Waals surface area contributed by atoms with E-state index in [-0.39, 0.29) is 19.1 Å². The molecule has 0 saturated heterocycles. The standard InChI is InChI=1S/C32H56N4O6/c1-4-5-6-7-8-9-10-11-12-13-14-15-16-17-18-19-23-34-31(38)41-25-29(40-3)26-42-32(39)36-27(2)35-30(37)28-21-20-22-33-24-28/h20-22,24,27,29H,4-19,23,25-26H2,1-3H3,(H,34,38)(H,35,37)(H,36,39). The number of pyridine rings is 1. The lowest BCUT2D eigenvalue weighted by molar-refractivity contribution is -0.00495. The largest absolute Gasteiger partial charge is 0.447 e. The van der Waals surface area contributed by atoms with Crippen LogP contribution in [0, 0.1) is 0 Å². The minimum absolute atomic E-state index is 0.0537. The van der Waals surface area contributed by atoms with Gasteiger partial charge in [-0.3, -0.25) is 9.78 Å². The fourth-order valence-electron chi connectivity index (χ4n) is 4.47. The first-order valence-corrected chi connectivity index (χ1v) is 16.0. The van der Waals surface area contributed by atoms with Gasteiger partial charge in [0.15, 0.2) is 0 Å². The highest BCUT2D eigenvalue weighted by Gasteiger charge is 2.16. The number of methoxy groups -OCH3 is 1. The second-order valence-corrected chi connectivity index (χ2v) is 10.9. The highest BCUT2D eigenvalue weighted by molar-refractivity contribution is 5.94. The highest BCUT2D eigenvalue weighted by Crippen LogP contribution is 2.13. The Hall–Kier alpha value is -2.88. The number of amides is 3. The van der Waals surface area contributed by atoms with Gasteiger partial charge in [-0.05, 0) is 25.5 Å². The molecule has 42 heavy (non-hydrogen) atoms. The molecule has 0 aliphatic heterocycles. The van der Waals surface area contributed by atoms with Crippen LogP contribution in [-0.4, -0.2) is 62.2 Å². The van der Waals surface area contributed by atoms with Crippen molar-refractivity contribution >= 4 is 18.1 Å². The third kappa shape index (κ3) is 20.9. The molecule has 0 radical (unpaired) electrons. The van der Waals surface area contributed by atoms with Gasteiger partial charge in [0, 0.05) is 26.0 Å². The molecular weight excluding hydrogens is 536 g/mol. The summed E-state index contributed by atoms with van der Waals surface area (Å²) in [5.74, 6) is -0.371. The number of alkyl carbamates (subject to hydrolysis) is 2. The van der Waals surface area contributed by atoms with Crippen molar-refractivity contribution in [2.24, 2.45) is 0 Å². The number of nitrogens with one attached hydrogen (secondary N) is 3. The number of carbonyl (C=O) groups is 3. The summed E-state index contributed by atoms with van der Waals surface area (Å²) in [5, 5.41) is 7.89. The molecule has 0 aromatic carbocycles. The number of hydrogen-bond acceptors (Lipinski definition) is 7. The molecule has 1 aromatic heterocycles. The molecule has 1 heterocycles. The summed E-state index contributed by atoms with van der Waals surface area (Å²) in [5.41, 5.74) is 0.379. The van der Waals surface area contributed by atoms with Crippen LogP contribution in [0.3, 0.4) is 0 Å². The third-order valence-corrected chi connectivity index (χ3v) is 7.04. The SMILES string of the molecule is CCCCCCCCCCCCCCCCCCNC(=O)OCC(COC(=O)NC(C)NC(=O)c1cccnc1)OC. The first-order valence-electron chi connectivity index (χ1n) is 16.0. The lowest BCUT2D eigenvalue weighted by atomic mass is 10.0. The Morgan fingerprint density at radius 2 is 1.29 bits per heavy atom. The van der Waals surface area contributed by atoms with Crippen LogP contribution in [0.5, 0.6) is 0 Å². The third-order valence-electron chi connectivity index (χ3n) is 7.04.